The predicted octanol–water partition coefficient (Wildman–Crippen LogP) is -2.35. The molecule has 8 N–H and O–H groups in total. The molecule has 0 atom stereocenters. The van der Waals surface area contributed by atoms with Gasteiger partial charge in [-0.05, 0) is 19.5 Å². The van der Waals surface area contributed by atoms with Gasteiger partial charge in [-0.3, -0.25) is 0 Å². The molecular weight excluding hydrogens is 216 g/mol. The highest BCUT2D eigenvalue weighted by Gasteiger charge is 1.89. The molecule has 0 aliphatic carbocycles. The van der Waals surface area contributed by atoms with E-state index < -0.39 is 0 Å². The Morgan fingerprint density at radius 1 is 0.471 bits per heavy atom. The topological polar surface area (TPSA) is 100 Å². The monoisotopic (exact) mass is 246 g/mol. The van der Waals surface area contributed by atoms with E-state index in [1.807, 2.05) is 0 Å². The van der Waals surface area contributed by atoms with Crippen LogP contribution in [0.25, 0.3) is 0 Å². The van der Waals surface area contributed by atoms with Crippen molar-refractivity contribution in [3.05, 3.63) is 0 Å². The van der Waals surface area contributed by atoms with Crippen molar-refractivity contribution in [2.75, 3.05) is 65.4 Å². The van der Waals surface area contributed by atoms with Gasteiger partial charge in [-0.15, -0.1) is 0 Å². The molecule has 0 aromatic rings. The van der Waals surface area contributed by atoms with E-state index in [2.05, 4.69) is 21.3 Å². The Hall–Kier alpha value is -0.240. The summed E-state index contributed by atoms with van der Waals surface area (Å²) in [4.78, 5) is 0. The minimum atomic E-state index is 0.707. The highest BCUT2D eigenvalue weighted by Crippen LogP contribution is 1.68. The van der Waals surface area contributed by atoms with Gasteiger partial charge in [-0.25, -0.2) is 0 Å². The van der Waals surface area contributed by atoms with Crippen LogP contribution in [-0.4, -0.2) is 65.4 Å². The SMILES string of the molecule is NCCCNCCNCCNCCNCCN. The number of hydrogen-bond acceptors (Lipinski definition) is 6. The van der Waals surface area contributed by atoms with Gasteiger partial charge in [0.2, 0.25) is 0 Å². The van der Waals surface area contributed by atoms with Crippen molar-refractivity contribution in [3.63, 3.8) is 0 Å². The number of nitrogens with one attached hydrogen (secondary N) is 4. The Labute approximate surface area is 105 Å². The summed E-state index contributed by atoms with van der Waals surface area (Å²) in [5.74, 6) is 0. The zero-order valence-corrected chi connectivity index (χ0v) is 10.9. The minimum Gasteiger partial charge on any atom is -0.330 e. The molecule has 17 heavy (non-hydrogen) atoms. The van der Waals surface area contributed by atoms with Crippen molar-refractivity contribution in [1.29, 1.82) is 0 Å². The molecule has 0 rings (SSSR count). The first-order valence-electron chi connectivity index (χ1n) is 6.64. The molecule has 0 heterocycles. The van der Waals surface area contributed by atoms with E-state index in [1.54, 1.807) is 0 Å². The Kier molecular flexibility index (Phi) is 15.5. The summed E-state index contributed by atoms with van der Waals surface area (Å²) < 4.78 is 0. The van der Waals surface area contributed by atoms with Crippen LogP contribution in [0.15, 0.2) is 0 Å². The molecule has 6 heteroatoms. The summed E-state index contributed by atoms with van der Waals surface area (Å²) in [6, 6.07) is 0. The van der Waals surface area contributed by atoms with Crippen LogP contribution < -0.4 is 32.7 Å². The lowest BCUT2D eigenvalue weighted by atomic mass is 10.4. The highest BCUT2D eigenvalue weighted by molar-refractivity contribution is 4.56. The van der Waals surface area contributed by atoms with E-state index in [0.717, 1.165) is 65.3 Å². The van der Waals surface area contributed by atoms with Gasteiger partial charge < -0.3 is 32.7 Å². The molecule has 0 saturated heterocycles. The second kappa shape index (κ2) is 15.8. The van der Waals surface area contributed by atoms with Gasteiger partial charge in [0.05, 0.1) is 0 Å². The van der Waals surface area contributed by atoms with Crippen molar-refractivity contribution in [2.24, 2.45) is 11.5 Å². The molecule has 0 saturated carbocycles. The van der Waals surface area contributed by atoms with Crippen LogP contribution in [0.3, 0.4) is 0 Å². The second-order valence-corrected chi connectivity index (χ2v) is 3.93. The molecule has 0 aromatic heterocycles. The molecule has 0 unspecified atom stereocenters. The fourth-order valence-corrected chi connectivity index (χ4v) is 1.36. The maximum atomic E-state index is 5.39. The van der Waals surface area contributed by atoms with E-state index in [-0.39, 0.29) is 0 Å². The number of nitrogens with two attached hydrogens (primary N) is 2. The third kappa shape index (κ3) is 15.8. The third-order valence-electron chi connectivity index (χ3n) is 2.31. The molecule has 0 bridgehead atoms. The average molecular weight is 246 g/mol. The first kappa shape index (κ1) is 16.8. The minimum absolute atomic E-state index is 0.707. The first-order chi connectivity index (χ1) is 8.41. The molecular formula is C11H30N6. The summed E-state index contributed by atoms with van der Waals surface area (Å²) in [5.41, 5.74) is 10.8. The molecule has 104 valence electrons. The quantitative estimate of drug-likeness (QED) is 0.192. The second-order valence-electron chi connectivity index (χ2n) is 3.93. The number of rotatable bonds is 14. The van der Waals surface area contributed by atoms with E-state index >= 15 is 0 Å². The zero-order chi connectivity index (χ0) is 12.6. The van der Waals surface area contributed by atoms with Crippen LogP contribution in [0.5, 0.6) is 0 Å². The lowest BCUT2D eigenvalue weighted by molar-refractivity contribution is 0.564. The average Bonchev–Trinajstić information content (AvgIpc) is 2.35. The van der Waals surface area contributed by atoms with Gasteiger partial charge in [0.15, 0.2) is 0 Å². The van der Waals surface area contributed by atoms with E-state index in [1.165, 1.54) is 0 Å². The molecule has 0 amide bonds. The van der Waals surface area contributed by atoms with Gasteiger partial charge in [0.1, 0.15) is 0 Å². The van der Waals surface area contributed by atoms with Gasteiger partial charge >= 0.3 is 0 Å². The summed E-state index contributed by atoms with van der Waals surface area (Å²) >= 11 is 0. The van der Waals surface area contributed by atoms with Crippen LogP contribution in [0.4, 0.5) is 0 Å². The van der Waals surface area contributed by atoms with Crippen LogP contribution in [0.2, 0.25) is 0 Å². The van der Waals surface area contributed by atoms with Gasteiger partial charge in [0.25, 0.3) is 0 Å². The van der Waals surface area contributed by atoms with Gasteiger partial charge in [0, 0.05) is 52.4 Å². The summed E-state index contributed by atoms with van der Waals surface area (Å²) in [5, 5.41) is 13.3. The first-order valence-corrected chi connectivity index (χ1v) is 6.64. The molecule has 0 fully saturated rings. The van der Waals surface area contributed by atoms with Crippen LogP contribution >= 0.6 is 0 Å². The van der Waals surface area contributed by atoms with Crippen molar-refractivity contribution in [2.45, 2.75) is 6.42 Å². The van der Waals surface area contributed by atoms with Gasteiger partial charge in [-0.2, -0.15) is 0 Å². The molecule has 6 nitrogen and oxygen atoms in total. The van der Waals surface area contributed by atoms with Crippen molar-refractivity contribution in [1.82, 2.24) is 21.3 Å². The Balaban J connectivity index is 2.85. The highest BCUT2D eigenvalue weighted by atomic mass is 15.0. The third-order valence-corrected chi connectivity index (χ3v) is 2.31. The van der Waals surface area contributed by atoms with Crippen LogP contribution in [-0.2, 0) is 0 Å². The normalized spacial score (nSPS) is 10.9. The van der Waals surface area contributed by atoms with Gasteiger partial charge in [-0.1, -0.05) is 0 Å². The van der Waals surface area contributed by atoms with Crippen molar-refractivity contribution >= 4 is 0 Å². The van der Waals surface area contributed by atoms with Crippen LogP contribution in [0.1, 0.15) is 6.42 Å². The molecule has 0 aliphatic heterocycles. The van der Waals surface area contributed by atoms with Crippen molar-refractivity contribution in [3.8, 4) is 0 Å². The fourth-order valence-electron chi connectivity index (χ4n) is 1.36. The molecule has 0 aromatic carbocycles. The largest absolute Gasteiger partial charge is 0.330 e. The summed E-state index contributed by atoms with van der Waals surface area (Å²) in [6.07, 6.45) is 1.05. The fraction of sp³-hybridized carbons (Fsp3) is 1.00. The molecule has 0 aliphatic rings. The summed E-state index contributed by atoms with van der Waals surface area (Å²) in [7, 11) is 0. The molecule has 0 spiro atoms. The predicted molar refractivity (Wildman–Crippen MR) is 74.2 cm³/mol. The van der Waals surface area contributed by atoms with Crippen LogP contribution in [0, 0.1) is 0 Å². The van der Waals surface area contributed by atoms with E-state index in [9.17, 15) is 0 Å². The maximum absolute atomic E-state index is 5.39. The smallest absolute Gasteiger partial charge is 0.00772 e. The zero-order valence-electron chi connectivity index (χ0n) is 10.9. The Bertz CT molecular complexity index is 119. The lowest BCUT2D eigenvalue weighted by Crippen LogP contribution is -2.36. The standard InChI is InChI=1S/C11H30N6/c12-2-1-4-14-6-8-16-10-11-17-9-7-15-5-3-13/h14-17H,1-13H2. The van der Waals surface area contributed by atoms with Crippen molar-refractivity contribution < 1.29 is 0 Å². The maximum Gasteiger partial charge on any atom is 0.00772 e. The Morgan fingerprint density at radius 2 is 0.882 bits per heavy atom. The Morgan fingerprint density at radius 3 is 1.29 bits per heavy atom. The summed E-state index contributed by atoms with van der Waals surface area (Å²) in [6.45, 7) is 9.41. The lowest BCUT2D eigenvalue weighted by Gasteiger charge is -2.08. The number of hydrogen-bond donors (Lipinski definition) is 6. The van der Waals surface area contributed by atoms with E-state index in [4.69, 9.17) is 11.5 Å². The molecule has 0 radical (unpaired) electrons. The van der Waals surface area contributed by atoms with E-state index in [0.29, 0.717) is 6.54 Å².